The number of aromatic nitrogens is 3. The fourth-order valence-corrected chi connectivity index (χ4v) is 1.87. The molecule has 0 spiro atoms. The lowest BCUT2D eigenvalue weighted by Crippen LogP contribution is -2.17. The summed E-state index contributed by atoms with van der Waals surface area (Å²) in [6.45, 7) is 0. The van der Waals surface area contributed by atoms with Gasteiger partial charge in [0.2, 0.25) is 0 Å². The van der Waals surface area contributed by atoms with Gasteiger partial charge in [0.15, 0.2) is 0 Å². The van der Waals surface area contributed by atoms with Crippen LogP contribution in [0.1, 0.15) is 17.3 Å². The third-order valence-corrected chi connectivity index (χ3v) is 2.85. The molecule has 2 aromatic rings. The topological polar surface area (TPSA) is 56.7 Å². The number of rotatable bonds is 2. The number of hydrogen-bond acceptors (Lipinski definition) is 3. The maximum Gasteiger partial charge on any atom is 0.128 e. The summed E-state index contributed by atoms with van der Waals surface area (Å²) in [7, 11) is 1.72. The Morgan fingerprint density at radius 2 is 2.25 bits per heavy atom. The lowest BCUT2D eigenvalue weighted by Gasteiger charge is -2.12. The van der Waals surface area contributed by atoms with Gasteiger partial charge in [-0.1, -0.05) is 21.1 Å². The molecule has 1 unspecified atom stereocenters. The summed E-state index contributed by atoms with van der Waals surface area (Å²) < 4.78 is 15.9. The number of aryl methyl sites for hydroxylation is 1. The normalized spacial score (nSPS) is 12.8. The molecule has 0 bridgehead atoms. The largest absolute Gasteiger partial charge is 0.319 e. The van der Waals surface area contributed by atoms with Crippen LogP contribution in [0, 0.1) is 5.82 Å². The molecular formula is C10H10BrFN4. The van der Waals surface area contributed by atoms with Crippen LogP contribution in [0.3, 0.4) is 0 Å². The second-order valence-corrected chi connectivity index (χ2v) is 4.34. The molecular weight excluding hydrogens is 275 g/mol. The molecule has 16 heavy (non-hydrogen) atoms. The van der Waals surface area contributed by atoms with Gasteiger partial charge in [0, 0.05) is 17.1 Å². The second-order valence-electron chi connectivity index (χ2n) is 3.43. The first-order chi connectivity index (χ1) is 7.59. The molecule has 0 saturated carbocycles. The molecule has 0 amide bonds. The Hall–Kier alpha value is -1.27. The maximum absolute atomic E-state index is 13.6. The molecule has 2 rings (SSSR count). The second kappa shape index (κ2) is 4.31. The van der Waals surface area contributed by atoms with E-state index in [0.29, 0.717) is 11.3 Å². The highest BCUT2D eigenvalue weighted by molar-refractivity contribution is 9.10. The molecule has 1 aromatic heterocycles. The average Bonchev–Trinajstić information content (AvgIpc) is 2.67. The van der Waals surface area contributed by atoms with E-state index in [4.69, 9.17) is 5.73 Å². The molecule has 0 aliphatic heterocycles. The predicted molar refractivity (Wildman–Crippen MR) is 61.1 cm³/mol. The van der Waals surface area contributed by atoms with E-state index < -0.39 is 6.04 Å². The number of benzene rings is 1. The smallest absolute Gasteiger partial charge is 0.128 e. The Bertz CT molecular complexity index is 511. The van der Waals surface area contributed by atoms with Gasteiger partial charge in [-0.3, -0.25) is 4.68 Å². The fraction of sp³-hybridized carbons (Fsp3) is 0.200. The van der Waals surface area contributed by atoms with Crippen molar-refractivity contribution in [2.24, 2.45) is 12.8 Å². The lowest BCUT2D eigenvalue weighted by molar-refractivity contribution is 0.584. The van der Waals surface area contributed by atoms with Crippen LogP contribution in [0.4, 0.5) is 4.39 Å². The summed E-state index contributed by atoms with van der Waals surface area (Å²) in [5.74, 6) is -0.336. The van der Waals surface area contributed by atoms with E-state index in [1.165, 1.54) is 16.9 Å². The van der Waals surface area contributed by atoms with Crippen LogP contribution >= 0.6 is 15.9 Å². The number of nitrogens with two attached hydrogens (primary N) is 1. The van der Waals surface area contributed by atoms with Crippen molar-refractivity contribution in [1.29, 1.82) is 0 Å². The molecule has 2 N–H and O–H groups in total. The molecule has 0 saturated heterocycles. The molecule has 4 nitrogen and oxygen atoms in total. The van der Waals surface area contributed by atoms with Crippen molar-refractivity contribution in [3.05, 3.63) is 45.9 Å². The zero-order valence-corrected chi connectivity index (χ0v) is 10.1. The molecule has 1 atom stereocenters. The van der Waals surface area contributed by atoms with Gasteiger partial charge < -0.3 is 5.73 Å². The van der Waals surface area contributed by atoms with Gasteiger partial charge in [-0.05, 0) is 18.2 Å². The summed E-state index contributed by atoms with van der Waals surface area (Å²) in [6.07, 6.45) is 1.53. The summed E-state index contributed by atoms with van der Waals surface area (Å²) in [5.41, 5.74) is 7.05. The van der Waals surface area contributed by atoms with Crippen molar-refractivity contribution in [1.82, 2.24) is 15.0 Å². The first-order valence-corrected chi connectivity index (χ1v) is 5.44. The molecule has 84 valence electrons. The van der Waals surface area contributed by atoms with Crippen molar-refractivity contribution in [2.45, 2.75) is 6.04 Å². The van der Waals surface area contributed by atoms with E-state index >= 15 is 0 Å². The van der Waals surface area contributed by atoms with E-state index in [-0.39, 0.29) is 5.82 Å². The Morgan fingerprint density at radius 1 is 1.50 bits per heavy atom. The van der Waals surface area contributed by atoms with Gasteiger partial charge in [0.05, 0.1) is 17.9 Å². The highest BCUT2D eigenvalue weighted by Gasteiger charge is 2.17. The number of halogens is 2. The zero-order valence-electron chi connectivity index (χ0n) is 8.56. The quantitative estimate of drug-likeness (QED) is 0.914. The summed E-state index contributed by atoms with van der Waals surface area (Å²) in [6, 6.07) is 4.10. The van der Waals surface area contributed by atoms with Gasteiger partial charge >= 0.3 is 0 Å². The van der Waals surface area contributed by atoms with Gasteiger partial charge in [-0.15, -0.1) is 5.10 Å². The van der Waals surface area contributed by atoms with Gasteiger partial charge in [0.1, 0.15) is 5.82 Å². The molecule has 0 aliphatic rings. The fourth-order valence-electron chi connectivity index (χ4n) is 1.49. The Balaban J connectivity index is 2.45. The van der Waals surface area contributed by atoms with Crippen LogP contribution in [-0.4, -0.2) is 15.0 Å². The van der Waals surface area contributed by atoms with Crippen LogP contribution in [0.25, 0.3) is 0 Å². The minimum absolute atomic E-state index is 0.336. The van der Waals surface area contributed by atoms with Gasteiger partial charge in [-0.25, -0.2) is 4.39 Å². The third-order valence-electron chi connectivity index (χ3n) is 2.36. The summed E-state index contributed by atoms with van der Waals surface area (Å²) >= 11 is 3.29. The minimum atomic E-state index is -0.572. The third kappa shape index (κ3) is 1.98. The van der Waals surface area contributed by atoms with Crippen molar-refractivity contribution in [3.63, 3.8) is 0 Å². The van der Waals surface area contributed by atoms with Crippen molar-refractivity contribution < 1.29 is 4.39 Å². The maximum atomic E-state index is 13.6. The molecule has 0 aliphatic carbocycles. The van der Waals surface area contributed by atoms with Crippen molar-refractivity contribution >= 4 is 15.9 Å². The van der Waals surface area contributed by atoms with Crippen molar-refractivity contribution in [2.75, 3.05) is 0 Å². The minimum Gasteiger partial charge on any atom is -0.319 e. The number of hydrogen-bond donors (Lipinski definition) is 1. The van der Waals surface area contributed by atoms with E-state index in [0.717, 1.165) is 4.47 Å². The molecule has 1 aromatic carbocycles. The van der Waals surface area contributed by atoms with E-state index in [1.54, 1.807) is 19.2 Å². The Kier molecular flexibility index (Phi) is 3.02. The Labute approximate surface area is 100 Å². The van der Waals surface area contributed by atoms with Crippen LogP contribution in [0.15, 0.2) is 28.9 Å². The van der Waals surface area contributed by atoms with E-state index in [1.807, 2.05) is 0 Å². The molecule has 6 heteroatoms. The highest BCUT2D eigenvalue weighted by Crippen LogP contribution is 2.24. The lowest BCUT2D eigenvalue weighted by atomic mass is 10.0. The number of nitrogens with zero attached hydrogens (tertiary/aromatic N) is 3. The summed E-state index contributed by atoms with van der Waals surface area (Å²) in [4.78, 5) is 0. The monoisotopic (exact) mass is 284 g/mol. The van der Waals surface area contributed by atoms with Gasteiger partial charge in [0.25, 0.3) is 0 Å². The van der Waals surface area contributed by atoms with Gasteiger partial charge in [-0.2, -0.15) is 0 Å². The van der Waals surface area contributed by atoms with E-state index in [2.05, 4.69) is 26.2 Å². The van der Waals surface area contributed by atoms with Crippen LogP contribution in [0.5, 0.6) is 0 Å². The SMILES string of the molecule is Cn1nncc1C(N)c1cc(Br)ccc1F. The molecule has 1 heterocycles. The molecule has 0 radical (unpaired) electrons. The van der Waals surface area contributed by atoms with Crippen LogP contribution < -0.4 is 5.73 Å². The summed E-state index contributed by atoms with van der Waals surface area (Å²) in [5, 5.41) is 7.49. The van der Waals surface area contributed by atoms with Crippen molar-refractivity contribution in [3.8, 4) is 0 Å². The predicted octanol–water partition coefficient (Wildman–Crippen LogP) is 1.76. The highest BCUT2D eigenvalue weighted by atomic mass is 79.9. The zero-order chi connectivity index (χ0) is 11.7. The Morgan fingerprint density at radius 3 is 2.88 bits per heavy atom. The first-order valence-electron chi connectivity index (χ1n) is 4.64. The molecule has 0 fully saturated rings. The standard InChI is InChI=1S/C10H10BrFN4/c1-16-9(5-14-15-16)10(13)7-4-6(11)2-3-8(7)12/h2-5,10H,13H2,1H3. The van der Waals surface area contributed by atoms with E-state index in [9.17, 15) is 4.39 Å². The average molecular weight is 285 g/mol. The first kappa shape index (κ1) is 11.2. The van der Waals surface area contributed by atoms with Crippen LogP contribution in [0.2, 0.25) is 0 Å². The van der Waals surface area contributed by atoms with Crippen LogP contribution in [-0.2, 0) is 7.05 Å².